The van der Waals surface area contributed by atoms with Gasteiger partial charge in [0.2, 0.25) is 11.8 Å². The second kappa shape index (κ2) is 8.50. The minimum atomic E-state index is -0.974. The smallest absolute Gasteiger partial charge is 0.241 e. The van der Waals surface area contributed by atoms with Crippen LogP contribution >= 0.6 is 12.4 Å². The zero-order chi connectivity index (χ0) is 17.1. The molecule has 0 aromatic rings. The third kappa shape index (κ3) is 4.21. The summed E-state index contributed by atoms with van der Waals surface area (Å²) >= 11 is 0. The van der Waals surface area contributed by atoms with Crippen molar-refractivity contribution in [1.82, 2.24) is 10.6 Å². The molecule has 2 unspecified atom stereocenters. The molecule has 7 heteroatoms. The SMILES string of the molecule is CCOC1CC(N)(C(=O)NCC(=O)NC2CCCCC2)C1(C)C.Cl. The number of ether oxygens (including phenoxy) is 1. The Morgan fingerprint density at radius 3 is 2.38 bits per heavy atom. The molecule has 0 heterocycles. The van der Waals surface area contributed by atoms with Crippen LogP contribution < -0.4 is 16.4 Å². The maximum absolute atomic E-state index is 12.4. The van der Waals surface area contributed by atoms with Crippen LogP contribution in [0, 0.1) is 5.41 Å². The first-order chi connectivity index (χ1) is 10.8. The predicted octanol–water partition coefficient (Wildman–Crippen LogP) is 1.51. The standard InChI is InChI=1S/C17H31N3O3.ClH/c1-4-23-13-10-17(18,16(13,2)3)15(22)19-11-14(21)20-12-8-6-5-7-9-12;/h12-13H,4-11,18H2,1-3H3,(H,19,22)(H,20,21);1H. The van der Waals surface area contributed by atoms with E-state index in [0.29, 0.717) is 13.0 Å². The highest BCUT2D eigenvalue weighted by atomic mass is 35.5. The molecule has 0 spiro atoms. The molecule has 2 aliphatic rings. The number of nitrogens with one attached hydrogen (secondary N) is 2. The summed E-state index contributed by atoms with van der Waals surface area (Å²) in [6.45, 7) is 6.42. The molecule has 6 nitrogen and oxygen atoms in total. The van der Waals surface area contributed by atoms with Gasteiger partial charge in [0, 0.05) is 24.5 Å². The van der Waals surface area contributed by atoms with E-state index in [1.54, 1.807) is 0 Å². The van der Waals surface area contributed by atoms with Crippen LogP contribution in [0.3, 0.4) is 0 Å². The zero-order valence-corrected chi connectivity index (χ0v) is 15.8. The van der Waals surface area contributed by atoms with E-state index in [4.69, 9.17) is 10.5 Å². The van der Waals surface area contributed by atoms with Crippen LogP contribution in [0.5, 0.6) is 0 Å². The maximum atomic E-state index is 12.4. The summed E-state index contributed by atoms with van der Waals surface area (Å²) in [5.41, 5.74) is 4.88. The number of carbonyl (C=O) groups is 2. The number of carbonyl (C=O) groups excluding carboxylic acids is 2. The van der Waals surface area contributed by atoms with Crippen molar-refractivity contribution < 1.29 is 14.3 Å². The van der Waals surface area contributed by atoms with Gasteiger partial charge in [-0.3, -0.25) is 9.59 Å². The Balaban J connectivity index is 0.00000288. The zero-order valence-electron chi connectivity index (χ0n) is 15.0. The number of hydrogen-bond donors (Lipinski definition) is 3. The van der Waals surface area contributed by atoms with Crippen LogP contribution in [0.25, 0.3) is 0 Å². The predicted molar refractivity (Wildman–Crippen MR) is 96.0 cm³/mol. The van der Waals surface area contributed by atoms with E-state index in [2.05, 4.69) is 10.6 Å². The second-order valence-corrected chi connectivity index (χ2v) is 7.43. The Bertz CT molecular complexity index is 452. The van der Waals surface area contributed by atoms with Gasteiger partial charge in [0.25, 0.3) is 0 Å². The Labute approximate surface area is 151 Å². The van der Waals surface area contributed by atoms with Gasteiger partial charge in [0.15, 0.2) is 0 Å². The Morgan fingerprint density at radius 2 is 1.83 bits per heavy atom. The molecule has 2 saturated carbocycles. The molecule has 0 bridgehead atoms. The maximum Gasteiger partial charge on any atom is 0.241 e. The van der Waals surface area contributed by atoms with Crippen molar-refractivity contribution in [3.8, 4) is 0 Å². The van der Waals surface area contributed by atoms with Crippen LogP contribution in [0.2, 0.25) is 0 Å². The van der Waals surface area contributed by atoms with E-state index in [1.165, 1.54) is 6.42 Å². The van der Waals surface area contributed by atoms with Gasteiger partial charge in [0.1, 0.15) is 5.54 Å². The molecular formula is C17H32ClN3O3. The van der Waals surface area contributed by atoms with Crippen LogP contribution in [-0.4, -0.2) is 42.7 Å². The van der Waals surface area contributed by atoms with E-state index in [0.717, 1.165) is 25.7 Å². The highest BCUT2D eigenvalue weighted by Crippen LogP contribution is 2.49. The molecule has 140 valence electrons. The van der Waals surface area contributed by atoms with Gasteiger partial charge in [-0.25, -0.2) is 0 Å². The minimum Gasteiger partial charge on any atom is -0.378 e. The fraction of sp³-hybridized carbons (Fsp3) is 0.882. The largest absolute Gasteiger partial charge is 0.378 e. The molecule has 4 N–H and O–H groups in total. The number of halogens is 1. The summed E-state index contributed by atoms with van der Waals surface area (Å²) < 4.78 is 5.63. The fourth-order valence-corrected chi connectivity index (χ4v) is 3.66. The van der Waals surface area contributed by atoms with Gasteiger partial charge in [-0.15, -0.1) is 12.4 Å². The first-order valence-corrected chi connectivity index (χ1v) is 8.79. The van der Waals surface area contributed by atoms with Gasteiger partial charge in [0.05, 0.1) is 12.6 Å². The molecule has 24 heavy (non-hydrogen) atoms. The molecule has 0 saturated heterocycles. The third-order valence-electron chi connectivity index (χ3n) is 5.61. The molecule has 2 aliphatic carbocycles. The molecular weight excluding hydrogens is 330 g/mol. The van der Waals surface area contributed by atoms with Gasteiger partial charge in [-0.1, -0.05) is 33.1 Å². The third-order valence-corrected chi connectivity index (χ3v) is 5.61. The number of rotatable bonds is 6. The summed E-state index contributed by atoms with van der Waals surface area (Å²) in [5, 5.41) is 5.69. The average molecular weight is 362 g/mol. The van der Waals surface area contributed by atoms with Gasteiger partial charge in [-0.2, -0.15) is 0 Å². The summed E-state index contributed by atoms with van der Waals surface area (Å²) in [6, 6.07) is 0.252. The van der Waals surface area contributed by atoms with E-state index in [9.17, 15) is 9.59 Å². The van der Waals surface area contributed by atoms with Crippen molar-refractivity contribution in [2.45, 2.75) is 77.0 Å². The van der Waals surface area contributed by atoms with Crippen molar-refractivity contribution in [2.24, 2.45) is 11.1 Å². The first kappa shape index (κ1) is 21.2. The highest BCUT2D eigenvalue weighted by Gasteiger charge is 2.62. The topological polar surface area (TPSA) is 93.4 Å². The second-order valence-electron chi connectivity index (χ2n) is 7.43. The van der Waals surface area contributed by atoms with E-state index in [-0.39, 0.29) is 42.9 Å². The lowest BCUT2D eigenvalue weighted by molar-refractivity contribution is -0.170. The van der Waals surface area contributed by atoms with Crippen molar-refractivity contribution in [3.63, 3.8) is 0 Å². The lowest BCUT2D eigenvalue weighted by atomic mass is 9.54. The molecule has 2 atom stereocenters. The summed E-state index contributed by atoms with van der Waals surface area (Å²) in [4.78, 5) is 24.4. The molecule has 2 amide bonds. The number of nitrogens with two attached hydrogens (primary N) is 1. The van der Waals surface area contributed by atoms with Crippen molar-refractivity contribution in [2.75, 3.05) is 13.2 Å². The molecule has 2 rings (SSSR count). The van der Waals surface area contributed by atoms with Crippen LogP contribution in [-0.2, 0) is 14.3 Å². The van der Waals surface area contributed by atoms with Gasteiger partial charge in [-0.05, 0) is 19.8 Å². The molecule has 0 aliphatic heterocycles. The molecule has 0 radical (unpaired) electrons. The fourth-order valence-electron chi connectivity index (χ4n) is 3.66. The number of hydrogen-bond acceptors (Lipinski definition) is 4. The molecule has 0 aromatic carbocycles. The van der Waals surface area contributed by atoms with Crippen molar-refractivity contribution in [3.05, 3.63) is 0 Å². The van der Waals surface area contributed by atoms with Crippen molar-refractivity contribution in [1.29, 1.82) is 0 Å². The molecule has 2 fully saturated rings. The number of amides is 2. The quantitative estimate of drug-likeness (QED) is 0.668. The lowest BCUT2D eigenvalue weighted by Crippen LogP contribution is -2.76. The Kier molecular flexibility index (Phi) is 7.50. The Morgan fingerprint density at radius 1 is 1.21 bits per heavy atom. The summed E-state index contributed by atoms with van der Waals surface area (Å²) in [6.07, 6.45) is 6.11. The van der Waals surface area contributed by atoms with Crippen LogP contribution in [0.4, 0.5) is 0 Å². The van der Waals surface area contributed by atoms with Crippen LogP contribution in [0.1, 0.15) is 59.3 Å². The lowest BCUT2D eigenvalue weighted by Gasteiger charge is -2.57. The average Bonchev–Trinajstić information content (AvgIpc) is 2.53. The molecule has 0 aromatic heterocycles. The summed E-state index contributed by atoms with van der Waals surface area (Å²) in [5.74, 6) is -0.399. The van der Waals surface area contributed by atoms with Crippen molar-refractivity contribution >= 4 is 24.2 Å². The first-order valence-electron chi connectivity index (χ1n) is 8.79. The van der Waals surface area contributed by atoms with E-state index >= 15 is 0 Å². The minimum absolute atomic E-state index is 0. The Hall–Kier alpha value is -0.850. The highest BCUT2D eigenvalue weighted by molar-refractivity contribution is 5.92. The summed E-state index contributed by atoms with van der Waals surface area (Å²) in [7, 11) is 0. The monoisotopic (exact) mass is 361 g/mol. The van der Waals surface area contributed by atoms with Crippen LogP contribution in [0.15, 0.2) is 0 Å². The van der Waals surface area contributed by atoms with Gasteiger partial charge < -0.3 is 21.1 Å². The van der Waals surface area contributed by atoms with Gasteiger partial charge >= 0.3 is 0 Å². The van der Waals surface area contributed by atoms with E-state index < -0.39 is 11.0 Å². The normalized spacial score (nSPS) is 29.1. The van der Waals surface area contributed by atoms with E-state index in [1.807, 2.05) is 20.8 Å².